The molecule has 0 fully saturated rings. The van der Waals surface area contributed by atoms with Gasteiger partial charge in [-0.2, -0.15) is 0 Å². The first kappa shape index (κ1) is 16.9. The van der Waals surface area contributed by atoms with Crippen molar-refractivity contribution < 1.29 is 9.21 Å². The molecule has 0 aliphatic carbocycles. The van der Waals surface area contributed by atoms with E-state index < -0.39 is 0 Å². The average molecular weight is 384 g/mol. The summed E-state index contributed by atoms with van der Waals surface area (Å²) >= 11 is 0. The van der Waals surface area contributed by atoms with E-state index in [1.165, 1.54) is 0 Å². The molecule has 3 aromatic heterocycles. The summed E-state index contributed by atoms with van der Waals surface area (Å²) in [6.45, 7) is 0.552. The third-order valence-electron chi connectivity index (χ3n) is 4.45. The van der Waals surface area contributed by atoms with Crippen LogP contribution >= 0.6 is 0 Å². The van der Waals surface area contributed by atoms with Gasteiger partial charge in [-0.1, -0.05) is 35.5 Å². The Kier molecular flexibility index (Phi) is 4.14. The van der Waals surface area contributed by atoms with Crippen LogP contribution in [0.2, 0.25) is 0 Å². The van der Waals surface area contributed by atoms with Crippen molar-refractivity contribution in [3.8, 4) is 11.6 Å². The number of benzene rings is 2. The molecule has 0 aliphatic heterocycles. The number of furan rings is 1. The molecule has 0 spiro atoms. The Labute approximate surface area is 165 Å². The number of fused-ring (bicyclic) bond motifs is 1. The fourth-order valence-electron chi connectivity index (χ4n) is 3.06. The van der Waals surface area contributed by atoms with Gasteiger partial charge in [-0.25, -0.2) is 9.67 Å². The van der Waals surface area contributed by atoms with Crippen molar-refractivity contribution >= 4 is 22.6 Å². The number of amides is 1. The molecule has 0 bridgehead atoms. The second-order valence-electron chi connectivity index (χ2n) is 6.54. The van der Waals surface area contributed by atoms with Gasteiger partial charge in [0.25, 0.3) is 5.91 Å². The summed E-state index contributed by atoms with van der Waals surface area (Å²) in [5.74, 6) is 0.966. The number of nitrogens with zero attached hydrogens (tertiary/aromatic N) is 4. The monoisotopic (exact) mass is 384 g/mol. The molecule has 2 N–H and O–H groups in total. The summed E-state index contributed by atoms with van der Waals surface area (Å²) in [4.78, 5) is 20.2. The highest BCUT2D eigenvalue weighted by Gasteiger charge is 2.13. The van der Waals surface area contributed by atoms with Crippen molar-refractivity contribution in [3.63, 3.8) is 0 Å². The highest BCUT2D eigenvalue weighted by molar-refractivity contribution is 6.03. The SMILES string of the molecule is O=C(Nc1ccc2nc(-c3ccco3)[nH]c2c1)c1cn(Cc2ccccc2)nn1. The number of H-pyrrole nitrogens is 1. The molecule has 5 rings (SSSR count). The molecule has 0 unspecified atom stereocenters. The second kappa shape index (κ2) is 7.08. The Bertz CT molecular complexity index is 1270. The number of anilines is 1. The fraction of sp³-hybridized carbons (Fsp3) is 0.0476. The Hall–Kier alpha value is -4.20. The summed E-state index contributed by atoms with van der Waals surface area (Å²) in [5.41, 5.74) is 3.54. The molecule has 29 heavy (non-hydrogen) atoms. The van der Waals surface area contributed by atoms with Gasteiger partial charge in [0.2, 0.25) is 0 Å². The number of rotatable bonds is 5. The van der Waals surface area contributed by atoms with Gasteiger partial charge in [-0.05, 0) is 35.9 Å². The number of nitrogens with one attached hydrogen (secondary N) is 2. The van der Waals surface area contributed by atoms with Crippen molar-refractivity contribution in [1.82, 2.24) is 25.0 Å². The molecular weight excluding hydrogens is 368 g/mol. The Morgan fingerprint density at radius 1 is 1.10 bits per heavy atom. The van der Waals surface area contributed by atoms with Crippen molar-refractivity contribution in [1.29, 1.82) is 0 Å². The predicted octanol–water partition coefficient (Wildman–Crippen LogP) is 3.72. The number of carbonyl (C=O) groups is 1. The summed E-state index contributed by atoms with van der Waals surface area (Å²) < 4.78 is 7.00. The van der Waals surface area contributed by atoms with Crippen LogP contribution in [-0.2, 0) is 6.54 Å². The lowest BCUT2D eigenvalue weighted by atomic mass is 10.2. The molecule has 5 aromatic rings. The van der Waals surface area contributed by atoms with E-state index in [0.29, 0.717) is 23.8 Å². The molecule has 0 atom stereocenters. The third-order valence-corrected chi connectivity index (χ3v) is 4.45. The number of imidazole rings is 1. The first-order valence-corrected chi connectivity index (χ1v) is 9.04. The fourth-order valence-corrected chi connectivity index (χ4v) is 3.06. The molecular formula is C21H16N6O2. The maximum atomic E-state index is 12.5. The maximum Gasteiger partial charge on any atom is 0.277 e. The zero-order valence-corrected chi connectivity index (χ0v) is 15.2. The lowest BCUT2D eigenvalue weighted by molar-refractivity contribution is 0.102. The van der Waals surface area contributed by atoms with Crippen LogP contribution in [-0.4, -0.2) is 30.9 Å². The first-order chi connectivity index (χ1) is 14.2. The van der Waals surface area contributed by atoms with Gasteiger partial charge in [-0.15, -0.1) is 5.10 Å². The van der Waals surface area contributed by atoms with E-state index in [1.807, 2.05) is 48.5 Å². The third kappa shape index (κ3) is 3.51. The zero-order valence-electron chi connectivity index (χ0n) is 15.2. The second-order valence-corrected chi connectivity index (χ2v) is 6.54. The lowest BCUT2D eigenvalue weighted by Gasteiger charge is -2.02. The van der Waals surface area contributed by atoms with E-state index in [0.717, 1.165) is 16.6 Å². The number of hydrogen-bond acceptors (Lipinski definition) is 5. The van der Waals surface area contributed by atoms with Gasteiger partial charge in [0, 0.05) is 5.69 Å². The minimum atomic E-state index is -0.325. The predicted molar refractivity (Wildman–Crippen MR) is 107 cm³/mol. The van der Waals surface area contributed by atoms with E-state index >= 15 is 0 Å². The van der Waals surface area contributed by atoms with Crippen molar-refractivity contribution in [2.75, 3.05) is 5.32 Å². The van der Waals surface area contributed by atoms with Crippen LogP contribution in [0.3, 0.4) is 0 Å². The molecule has 8 nitrogen and oxygen atoms in total. The summed E-state index contributed by atoms with van der Waals surface area (Å²) in [6, 6.07) is 19.0. The van der Waals surface area contributed by atoms with E-state index in [4.69, 9.17) is 4.42 Å². The Morgan fingerprint density at radius 3 is 2.83 bits per heavy atom. The largest absolute Gasteiger partial charge is 0.461 e. The van der Waals surface area contributed by atoms with Crippen molar-refractivity contribution in [3.05, 3.63) is 84.4 Å². The number of hydrogen-bond donors (Lipinski definition) is 2. The molecule has 0 saturated heterocycles. The number of aromatic nitrogens is 5. The molecule has 142 valence electrons. The number of carbonyl (C=O) groups excluding carboxylic acids is 1. The van der Waals surface area contributed by atoms with Crippen LogP contribution in [0.25, 0.3) is 22.6 Å². The Balaban J connectivity index is 1.32. The Morgan fingerprint density at radius 2 is 2.00 bits per heavy atom. The molecule has 8 heteroatoms. The standard InChI is InChI=1S/C21H16N6O2/c28-21(18-13-27(26-25-18)12-14-5-2-1-3-6-14)22-15-8-9-16-17(11-15)24-20(23-16)19-7-4-10-29-19/h1-11,13H,12H2,(H,22,28)(H,23,24). The van der Waals surface area contributed by atoms with Crippen LogP contribution in [0.4, 0.5) is 5.69 Å². The number of aromatic amines is 1. The lowest BCUT2D eigenvalue weighted by Crippen LogP contribution is -2.12. The maximum absolute atomic E-state index is 12.5. The summed E-state index contributed by atoms with van der Waals surface area (Å²) in [7, 11) is 0. The van der Waals surface area contributed by atoms with Gasteiger partial charge in [-0.3, -0.25) is 4.79 Å². The van der Waals surface area contributed by atoms with Crippen LogP contribution in [0.1, 0.15) is 16.1 Å². The van der Waals surface area contributed by atoms with Crippen molar-refractivity contribution in [2.45, 2.75) is 6.54 Å². The zero-order chi connectivity index (χ0) is 19.6. The van der Waals surface area contributed by atoms with Crippen LogP contribution in [0.15, 0.2) is 77.5 Å². The molecule has 0 saturated carbocycles. The van der Waals surface area contributed by atoms with E-state index in [1.54, 1.807) is 29.3 Å². The topological polar surface area (TPSA) is 102 Å². The minimum Gasteiger partial charge on any atom is -0.461 e. The van der Waals surface area contributed by atoms with Gasteiger partial charge in [0.1, 0.15) is 0 Å². The van der Waals surface area contributed by atoms with Crippen LogP contribution in [0.5, 0.6) is 0 Å². The highest BCUT2D eigenvalue weighted by Crippen LogP contribution is 2.23. The van der Waals surface area contributed by atoms with Crippen LogP contribution < -0.4 is 5.32 Å². The van der Waals surface area contributed by atoms with Crippen LogP contribution in [0, 0.1) is 0 Å². The van der Waals surface area contributed by atoms with E-state index in [-0.39, 0.29) is 11.6 Å². The first-order valence-electron chi connectivity index (χ1n) is 9.04. The average Bonchev–Trinajstić information content (AvgIpc) is 3.48. The molecule has 0 aliphatic rings. The smallest absolute Gasteiger partial charge is 0.277 e. The summed E-state index contributed by atoms with van der Waals surface area (Å²) in [6.07, 6.45) is 3.23. The van der Waals surface area contributed by atoms with Gasteiger partial charge in [0.05, 0.1) is 30.0 Å². The normalized spacial score (nSPS) is 11.0. The molecule has 0 radical (unpaired) electrons. The van der Waals surface area contributed by atoms with Gasteiger partial charge in [0.15, 0.2) is 17.3 Å². The van der Waals surface area contributed by atoms with Gasteiger partial charge >= 0.3 is 0 Å². The quantitative estimate of drug-likeness (QED) is 0.481. The van der Waals surface area contributed by atoms with Gasteiger partial charge < -0.3 is 14.7 Å². The summed E-state index contributed by atoms with van der Waals surface area (Å²) in [5, 5.41) is 10.9. The van der Waals surface area contributed by atoms with E-state index in [9.17, 15) is 4.79 Å². The highest BCUT2D eigenvalue weighted by atomic mass is 16.3. The van der Waals surface area contributed by atoms with E-state index in [2.05, 4.69) is 25.6 Å². The minimum absolute atomic E-state index is 0.252. The molecule has 2 aromatic carbocycles. The molecule has 1 amide bonds. The van der Waals surface area contributed by atoms with Crippen molar-refractivity contribution in [2.24, 2.45) is 0 Å². The molecule has 3 heterocycles.